The van der Waals surface area contributed by atoms with Gasteiger partial charge in [-0.25, -0.2) is 4.98 Å². The second-order valence-corrected chi connectivity index (χ2v) is 12.0. The third kappa shape index (κ3) is 5.90. The van der Waals surface area contributed by atoms with Crippen LogP contribution in [0.25, 0.3) is 11.3 Å². The number of aromatic nitrogens is 1. The first kappa shape index (κ1) is 24.3. The summed E-state index contributed by atoms with van der Waals surface area (Å²) in [4.78, 5) is 21.8. The van der Waals surface area contributed by atoms with Crippen LogP contribution in [0.4, 0.5) is 0 Å². The predicted molar refractivity (Wildman–Crippen MR) is 145 cm³/mol. The normalized spacial score (nSPS) is 19.8. The Hall–Kier alpha value is -2.36. The maximum absolute atomic E-state index is 13.0. The molecule has 2 fully saturated rings. The lowest BCUT2D eigenvalue weighted by molar-refractivity contribution is -0.139. The van der Waals surface area contributed by atoms with E-state index in [2.05, 4.69) is 10.3 Å². The molecule has 2 unspecified atom stereocenters. The summed E-state index contributed by atoms with van der Waals surface area (Å²) in [5, 5.41) is 12.7. The van der Waals surface area contributed by atoms with Gasteiger partial charge in [-0.15, -0.1) is 34.4 Å². The molecule has 0 radical (unpaired) electrons. The van der Waals surface area contributed by atoms with Crippen molar-refractivity contribution < 1.29 is 9.53 Å². The van der Waals surface area contributed by atoms with Gasteiger partial charge in [-0.2, -0.15) is 0 Å². The molecule has 1 saturated heterocycles. The van der Waals surface area contributed by atoms with Crippen LogP contribution in [0.3, 0.4) is 0 Å². The highest BCUT2D eigenvalue weighted by Crippen LogP contribution is 2.35. The summed E-state index contributed by atoms with van der Waals surface area (Å²) in [6.07, 6.45) is 7.31. The summed E-state index contributed by atoms with van der Waals surface area (Å²) < 4.78 is 5.95. The predicted octanol–water partition coefficient (Wildman–Crippen LogP) is 6.01. The van der Waals surface area contributed by atoms with Gasteiger partial charge in [0.25, 0.3) is 5.91 Å². The summed E-state index contributed by atoms with van der Waals surface area (Å²) in [6.45, 7) is 0.957. The molecule has 3 N–H and O–H groups in total. The molecule has 2 aliphatic rings. The van der Waals surface area contributed by atoms with Crippen LogP contribution in [-0.2, 0) is 10.5 Å². The number of amidine groups is 1. The minimum atomic E-state index is 0.0918. The van der Waals surface area contributed by atoms with Crippen LogP contribution in [0.5, 0.6) is 5.75 Å². The van der Waals surface area contributed by atoms with Crippen molar-refractivity contribution in [2.45, 2.75) is 55.2 Å². The van der Waals surface area contributed by atoms with Crippen LogP contribution >= 0.6 is 34.4 Å². The summed E-state index contributed by atoms with van der Waals surface area (Å²) in [5.74, 6) is 2.36. The van der Waals surface area contributed by atoms with E-state index in [0.29, 0.717) is 17.7 Å². The number of thioether (sulfide) groups is 1. The molecule has 184 valence electrons. The van der Waals surface area contributed by atoms with Crippen molar-refractivity contribution in [1.29, 1.82) is 5.41 Å². The van der Waals surface area contributed by atoms with Crippen molar-refractivity contribution in [2.24, 2.45) is 11.7 Å². The van der Waals surface area contributed by atoms with Crippen molar-refractivity contribution in [1.82, 2.24) is 9.88 Å². The van der Waals surface area contributed by atoms with E-state index < -0.39 is 0 Å². The molecular weight excluding hydrogens is 497 g/mol. The average Bonchev–Trinajstić information content (AvgIpc) is 3.56. The molecule has 3 heterocycles. The van der Waals surface area contributed by atoms with Gasteiger partial charge in [-0.05, 0) is 49.8 Å². The van der Waals surface area contributed by atoms with Crippen LogP contribution in [0.1, 0.15) is 48.4 Å². The van der Waals surface area contributed by atoms with E-state index in [0.717, 1.165) is 51.2 Å². The molecule has 1 amide bonds. The molecule has 1 saturated carbocycles. The Morgan fingerprint density at radius 2 is 2.03 bits per heavy atom. The zero-order valence-corrected chi connectivity index (χ0v) is 22.0. The minimum Gasteiger partial charge on any atom is -0.484 e. The van der Waals surface area contributed by atoms with Crippen molar-refractivity contribution in [3.8, 4) is 17.0 Å². The second kappa shape index (κ2) is 11.1. The SMILES string of the molecule is N=C(N)c1cc(SCc2nc(-c3cccc(OCC(=O)N4CCCC5CCCCC54)c3)cs2)cs1. The van der Waals surface area contributed by atoms with E-state index in [1.807, 2.05) is 35.7 Å². The fourth-order valence-corrected chi connectivity index (χ4v) is 7.81. The number of piperidine rings is 1. The lowest BCUT2D eigenvalue weighted by Gasteiger charge is -2.44. The first-order chi connectivity index (χ1) is 17.1. The number of nitrogens with two attached hydrogens (primary N) is 1. The number of likely N-dealkylation sites (tertiary alicyclic amines) is 1. The van der Waals surface area contributed by atoms with Crippen molar-refractivity contribution in [3.05, 3.63) is 51.0 Å². The Bertz CT molecular complexity index is 1190. The molecular formula is C26H30N4O2S3. The molecule has 0 spiro atoms. The number of thiazole rings is 1. The number of benzene rings is 1. The molecule has 1 aliphatic heterocycles. The quantitative estimate of drug-likeness (QED) is 0.213. The van der Waals surface area contributed by atoms with E-state index >= 15 is 0 Å². The highest BCUT2D eigenvalue weighted by molar-refractivity contribution is 7.98. The average molecular weight is 527 g/mol. The molecule has 1 aromatic carbocycles. The summed E-state index contributed by atoms with van der Waals surface area (Å²) in [6, 6.07) is 10.2. The second-order valence-electron chi connectivity index (χ2n) is 9.13. The van der Waals surface area contributed by atoms with E-state index in [-0.39, 0.29) is 18.3 Å². The number of thiophene rings is 1. The molecule has 6 nitrogen and oxygen atoms in total. The van der Waals surface area contributed by atoms with Gasteiger partial charge >= 0.3 is 0 Å². The Balaban J connectivity index is 1.17. The van der Waals surface area contributed by atoms with Gasteiger partial charge < -0.3 is 15.4 Å². The first-order valence-electron chi connectivity index (χ1n) is 12.1. The highest BCUT2D eigenvalue weighted by Gasteiger charge is 2.35. The Morgan fingerprint density at radius 1 is 1.17 bits per heavy atom. The van der Waals surface area contributed by atoms with Gasteiger partial charge in [0, 0.05) is 33.8 Å². The monoisotopic (exact) mass is 526 g/mol. The zero-order valence-electron chi connectivity index (χ0n) is 19.6. The molecule has 2 atom stereocenters. The Morgan fingerprint density at radius 3 is 2.89 bits per heavy atom. The number of fused-ring (bicyclic) bond motifs is 1. The van der Waals surface area contributed by atoms with Gasteiger partial charge in [-0.3, -0.25) is 10.2 Å². The Labute approximate surface area is 218 Å². The minimum absolute atomic E-state index is 0.0918. The van der Waals surface area contributed by atoms with E-state index in [1.54, 1.807) is 23.1 Å². The van der Waals surface area contributed by atoms with E-state index in [9.17, 15) is 4.79 Å². The summed E-state index contributed by atoms with van der Waals surface area (Å²) >= 11 is 4.82. The number of hydrogen-bond acceptors (Lipinski definition) is 7. The van der Waals surface area contributed by atoms with Gasteiger partial charge in [-0.1, -0.05) is 25.0 Å². The largest absolute Gasteiger partial charge is 0.484 e. The van der Waals surface area contributed by atoms with Crippen molar-refractivity contribution in [3.63, 3.8) is 0 Å². The lowest BCUT2D eigenvalue weighted by atomic mass is 9.78. The number of carbonyl (C=O) groups excluding carboxylic acids is 1. The molecule has 1 aliphatic carbocycles. The zero-order chi connectivity index (χ0) is 24.2. The van der Waals surface area contributed by atoms with E-state index in [4.69, 9.17) is 20.9 Å². The lowest BCUT2D eigenvalue weighted by Crippen LogP contribution is -2.51. The molecule has 9 heteroatoms. The number of amides is 1. The smallest absolute Gasteiger partial charge is 0.260 e. The fourth-order valence-electron chi connectivity index (χ4n) is 5.10. The highest BCUT2D eigenvalue weighted by atomic mass is 32.2. The van der Waals surface area contributed by atoms with Crippen molar-refractivity contribution in [2.75, 3.05) is 13.2 Å². The molecule has 2 aromatic heterocycles. The van der Waals surface area contributed by atoms with Gasteiger partial charge in [0.05, 0.1) is 16.3 Å². The number of nitrogens with one attached hydrogen (secondary N) is 1. The van der Waals surface area contributed by atoms with Crippen LogP contribution in [0, 0.1) is 11.3 Å². The van der Waals surface area contributed by atoms with E-state index in [1.165, 1.54) is 37.0 Å². The van der Waals surface area contributed by atoms with Gasteiger partial charge in [0.1, 0.15) is 16.6 Å². The molecule has 0 bridgehead atoms. The fraction of sp³-hybridized carbons (Fsp3) is 0.423. The summed E-state index contributed by atoms with van der Waals surface area (Å²) in [7, 11) is 0. The molecule has 5 rings (SSSR count). The van der Waals surface area contributed by atoms with Crippen molar-refractivity contribution >= 4 is 46.2 Å². The van der Waals surface area contributed by atoms with Gasteiger partial charge in [0.2, 0.25) is 0 Å². The number of nitrogen functional groups attached to an aromatic ring is 1. The Kier molecular flexibility index (Phi) is 7.75. The maximum Gasteiger partial charge on any atom is 0.260 e. The van der Waals surface area contributed by atoms with Gasteiger partial charge in [0.15, 0.2) is 6.61 Å². The third-order valence-corrected chi connectivity index (χ3v) is 9.94. The number of rotatable bonds is 8. The van der Waals surface area contributed by atoms with Crippen LogP contribution < -0.4 is 10.5 Å². The van der Waals surface area contributed by atoms with Crippen LogP contribution in [0.2, 0.25) is 0 Å². The third-order valence-electron chi connectivity index (χ3n) is 6.81. The summed E-state index contributed by atoms with van der Waals surface area (Å²) in [5.41, 5.74) is 7.46. The molecule has 3 aromatic rings. The molecule has 35 heavy (non-hydrogen) atoms. The number of hydrogen-bond donors (Lipinski definition) is 2. The topological polar surface area (TPSA) is 92.3 Å². The number of ether oxygens (including phenoxy) is 1. The first-order valence-corrected chi connectivity index (χ1v) is 14.8. The van der Waals surface area contributed by atoms with Crippen LogP contribution in [0.15, 0.2) is 46.0 Å². The maximum atomic E-state index is 13.0. The standard InChI is InChI=1S/C26H30N4O2S3/c27-26(28)23-12-20(14-34-23)33-16-24-29-21(15-35-24)18-6-3-8-19(11-18)32-13-25(31)30-10-4-7-17-5-1-2-9-22(17)30/h3,6,8,11-12,14-15,17,22H,1-2,4-5,7,9-10,13,16H2,(H3,27,28). The number of nitrogens with zero attached hydrogens (tertiary/aromatic N) is 2. The van der Waals surface area contributed by atoms with Crippen LogP contribution in [-0.4, -0.2) is 40.8 Å². The number of carbonyl (C=O) groups is 1.